The Balaban J connectivity index is 1.37. The van der Waals surface area contributed by atoms with Gasteiger partial charge in [-0.1, -0.05) is 20.8 Å². The van der Waals surface area contributed by atoms with Crippen molar-refractivity contribution in [3.63, 3.8) is 0 Å². The van der Waals surface area contributed by atoms with Gasteiger partial charge in [0.25, 0.3) is 0 Å². The molecule has 4 rings (SSSR count). The van der Waals surface area contributed by atoms with Gasteiger partial charge in [-0.3, -0.25) is 19.2 Å². The van der Waals surface area contributed by atoms with E-state index < -0.39 is 5.54 Å². The molecule has 8 nitrogen and oxygen atoms in total. The maximum absolute atomic E-state index is 13.2. The van der Waals surface area contributed by atoms with Gasteiger partial charge in [-0.05, 0) is 37.8 Å². The maximum Gasteiger partial charge on any atom is 0.243 e. The van der Waals surface area contributed by atoms with Crippen molar-refractivity contribution in [3.05, 3.63) is 18.0 Å². The Bertz CT molecular complexity index is 792. The molecule has 1 N–H and O–H groups in total. The first-order valence-corrected chi connectivity index (χ1v) is 11.6. The quantitative estimate of drug-likeness (QED) is 0.778. The van der Waals surface area contributed by atoms with Crippen LogP contribution in [0.3, 0.4) is 0 Å². The number of rotatable bonds is 4. The van der Waals surface area contributed by atoms with Gasteiger partial charge in [0.05, 0.1) is 17.7 Å². The number of carbonyl (C=O) groups excluding carboxylic acids is 2. The molecule has 0 bridgehead atoms. The van der Waals surface area contributed by atoms with E-state index in [0.29, 0.717) is 13.0 Å². The summed E-state index contributed by atoms with van der Waals surface area (Å²) < 4.78 is 1.82. The van der Waals surface area contributed by atoms with Crippen LogP contribution in [-0.2, 0) is 23.2 Å². The van der Waals surface area contributed by atoms with E-state index in [-0.39, 0.29) is 29.3 Å². The Hall–Kier alpha value is -1.93. The highest BCUT2D eigenvalue weighted by molar-refractivity contribution is 5.92. The van der Waals surface area contributed by atoms with Gasteiger partial charge in [0.2, 0.25) is 11.8 Å². The molecule has 8 heteroatoms. The molecule has 3 aliphatic heterocycles. The second-order valence-electron chi connectivity index (χ2n) is 11.1. The predicted octanol–water partition coefficient (Wildman–Crippen LogP) is 1.22. The standard InChI is InChI=1S/C23H38N6O2/c1-22(2,3)16-26(4)18-12-19-21(31)24-23(13-20(30)29(19)15-18)7-10-28(11-8-23)14-17-6-9-27(5)25-17/h6,9,18-19H,7-8,10-16H2,1-5H3,(H,24,31)/t18-,19-/m0/s1. The van der Waals surface area contributed by atoms with Crippen LogP contribution >= 0.6 is 0 Å². The molecule has 3 fully saturated rings. The van der Waals surface area contributed by atoms with Crippen molar-refractivity contribution in [3.8, 4) is 0 Å². The van der Waals surface area contributed by atoms with E-state index in [0.717, 1.165) is 51.1 Å². The Kier molecular flexibility index (Phi) is 5.89. The molecule has 0 unspecified atom stereocenters. The van der Waals surface area contributed by atoms with Gasteiger partial charge in [-0.15, -0.1) is 0 Å². The Labute approximate surface area is 185 Å². The van der Waals surface area contributed by atoms with Gasteiger partial charge in [0.15, 0.2) is 0 Å². The monoisotopic (exact) mass is 430 g/mol. The topological polar surface area (TPSA) is 73.7 Å². The molecular weight excluding hydrogens is 392 g/mol. The summed E-state index contributed by atoms with van der Waals surface area (Å²) in [6.07, 6.45) is 4.73. The van der Waals surface area contributed by atoms with Crippen LogP contribution < -0.4 is 5.32 Å². The molecule has 0 saturated carbocycles. The van der Waals surface area contributed by atoms with Gasteiger partial charge >= 0.3 is 0 Å². The van der Waals surface area contributed by atoms with Gasteiger partial charge in [-0.2, -0.15) is 5.10 Å². The first-order chi connectivity index (χ1) is 14.5. The van der Waals surface area contributed by atoms with Crippen LogP contribution in [0.2, 0.25) is 0 Å². The van der Waals surface area contributed by atoms with E-state index in [1.807, 2.05) is 28.9 Å². The van der Waals surface area contributed by atoms with Crippen LogP contribution in [0.25, 0.3) is 0 Å². The van der Waals surface area contributed by atoms with Crippen molar-refractivity contribution >= 4 is 11.8 Å². The molecule has 1 aromatic heterocycles. The van der Waals surface area contributed by atoms with E-state index in [4.69, 9.17) is 0 Å². The van der Waals surface area contributed by atoms with Crippen LogP contribution in [-0.4, -0.2) is 87.1 Å². The van der Waals surface area contributed by atoms with Crippen LogP contribution in [0, 0.1) is 5.41 Å². The number of likely N-dealkylation sites (tertiary alicyclic amines) is 1. The van der Waals surface area contributed by atoms with Crippen molar-refractivity contribution in [2.24, 2.45) is 12.5 Å². The Morgan fingerprint density at radius 1 is 1.26 bits per heavy atom. The fourth-order valence-electron chi connectivity index (χ4n) is 5.53. The first-order valence-electron chi connectivity index (χ1n) is 11.6. The third-order valence-electron chi connectivity index (χ3n) is 7.09. The molecule has 2 atom stereocenters. The molecule has 2 amide bonds. The fourth-order valence-corrected chi connectivity index (χ4v) is 5.53. The fraction of sp³-hybridized carbons (Fsp3) is 0.783. The van der Waals surface area contributed by atoms with Crippen LogP contribution in [0.1, 0.15) is 52.1 Å². The average Bonchev–Trinajstić information content (AvgIpc) is 3.27. The third kappa shape index (κ3) is 4.95. The summed E-state index contributed by atoms with van der Waals surface area (Å²) in [6.45, 7) is 10.8. The first kappa shape index (κ1) is 22.3. The number of hydrogen-bond donors (Lipinski definition) is 1. The maximum atomic E-state index is 13.2. The van der Waals surface area contributed by atoms with Crippen molar-refractivity contribution in [1.82, 2.24) is 29.8 Å². The van der Waals surface area contributed by atoms with Gasteiger partial charge in [0.1, 0.15) is 6.04 Å². The van der Waals surface area contributed by atoms with E-state index in [2.05, 4.69) is 48.0 Å². The molecule has 0 radical (unpaired) electrons. The minimum Gasteiger partial charge on any atom is -0.348 e. The number of aromatic nitrogens is 2. The minimum absolute atomic E-state index is 0.0377. The van der Waals surface area contributed by atoms with Crippen molar-refractivity contribution < 1.29 is 9.59 Å². The van der Waals surface area contributed by atoms with E-state index >= 15 is 0 Å². The lowest BCUT2D eigenvalue weighted by Crippen LogP contribution is -2.56. The Morgan fingerprint density at radius 3 is 2.58 bits per heavy atom. The lowest BCUT2D eigenvalue weighted by atomic mass is 9.84. The molecular formula is C23H38N6O2. The van der Waals surface area contributed by atoms with E-state index in [1.54, 1.807) is 0 Å². The van der Waals surface area contributed by atoms with Gasteiger partial charge in [0, 0.05) is 52.0 Å². The number of aryl methyl sites for hydroxylation is 1. The minimum atomic E-state index is -0.397. The molecule has 1 spiro atoms. The second-order valence-corrected chi connectivity index (χ2v) is 11.1. The van der Waals surface area contributed by atoms with Crippen molar-refractivity contribution in [1.29, 1.82) is 0 Å². The smallest absolute Gasteiger partial charge is 0.243 e. The molecule has 172 valence electrons. The Morgan fingerprint density at radius 2 is 1.97 bits per heavy atom. The summed E-state index contributed by atoms with van der Waals surface area (Å²) in [5.41, 5.74) is 0.853. The SMILES string of the molecule is CN(CC(C)(C)C)[C@H]1C[C@H]2C(=O)NC3(CCN(Cc4ccn(C)n4)CC3)CC(=O)N2C1. The summed E-state index contributed by atoms with van der Waals surface area (Å²) in [7, 11) is 4.04. The second kappa shape index (κ2) is 8.20. The molecule has 0 aromatic carbocycles. The zero-order chi connectivity index (χ0) is 22.4. The number of nitrogens with zero attached hydrogens (tertiary/aromatic N) is 5. The van der Waals surface area contributed by atoms with E-state index in [9.17, 15) is 9.59 Å². The highest BCUT2D eigenvalue weighted by atomic mass is 16.2. The number of piperidine rings is 1. The number of likely N-dealkylation sites (N-methyl/N-ethyl adjacent to an activating group) is 1. The molecule has 1 aromatic rings. The van der Waals surface area contributed by atoms with E-state index in [1.165, 1.54) is 0 Å². The number of hydrogen-bond acceptors (Lipinski definition) is 5. The highest BCUT2D eigenvalue weighted by Gasteiger charge is 2.49. The predicted molar refractivity (Wildman–Crippen MR) is 119 cm³/mol. The van der Waals surface area contributed by atoms with Crippen LogP contribution in [0.4, 0.5) is 0 Å². The highest BCUT2D eigenvalue weighted by Crippen LogP contribution is 2.34. The van der Waals surface area contributed by atoms with Crippen LogP contribution in [0.15, 0.2) is 12.3 Å². The lowest BCUT2D eigenvalue weighted by molar-refractivity contribution is -0.135. The molecule has 3 saturated heterocycles. The molecule has 31 heavy (non-hydrogen) atoms. The molecule has 3 aliphatic rings. The number of nitrogens with one attached hydrogen (secondary N) is 1. The van der Waals surface area contributed by atoms with Crippen molar-refractivity contribution in [2.75, 3.05) is 33.2 Å². The summed E-state index contributed by atoms with van der Waals surface area (Å²) in [5, 5.41) is 7.80. The summed E-state index contributed by atoms with van der Waals surface area (Å²) in [5.74, 6) is 0.170. The zero-order valence-electron chi connectivity index (χ0n) is 19.7. The third-order valence-corrected chi connectivity index (χ3v) is 7.09. The average molecular weight is 431 g/mol. The number of fused-ring (bicyclic) bond motifs is 1. The van der Waals surface area contributed by atoms with Gasteiger partial charge in [-0.25, -0.2) is 0 Å². The van der Waals surface area contributed by atoms with Crippen molar-refractivity contribution in [2.45, 2.75) is 70.6 Å². The lowest BCUT2D eigenvalue weighted by Gasteiger charge is -2.41. The molecule has 4 heterocycles. The number of amides is 2. The zero-order valence-corrected chi connectivity index (χ0v) is 19.7. The normalized spacial score (nSPS) is 27.0. The summed E-state index contributed by atoms with van der Waals surface area (Å²) in [6, 6.07) is 1.96. The molecule has 0 aliphatic carbocycles. The summed E-state index contributed by atoms with van der Waals surface area (Å²) >= 11 is 0. The number of carbonyl (C=O) groups is 2. The summed E-state index contributed by atoms with van der Waals surface area (Å²) in [4.78, 5) is 33.0. The van der Waals surface area contributed by atoms with Gasteiger partial charge < -0.3 is 15.1 Å². The van der Waals surface area contributed by atoms with Crippen LogP contribution in [0.5, 0.6) is 0 Å². The largest absolute Gasteiger partial charge is 0.348 e.